The molecule has 0 radical (unpaired) electrons. The highest BCUT2D eigenvalue weighted by atomic mass is 32.2. The Hall–Kier alpha value is -4.25. The highest BCUT2D eigenvalue weighted by Gasteiger charge is 2.34. The molecule has 2 amide bonds. The van der Waals surface area contributed by atoms with Crippen LogP contribution in [0.3, 0.4) is 0 Å². The number of ether oxygens (including phenoxy) is 3. The molecule has 11 heteroatoms. The van der Waals surface area contributed by atoms with Crippen molar-refractivity contribution in [2.24, 2.45) is 5.92 Å². The van der Waals surface area contributed by atoms with Crippen LogP contribution < -0.4 is 23.8 Å². The standard InChI is InChI=1S/C33H43N3O7S/c1-8-29(33(38)34-20-23(2)3)35(21-25-11-14-27(41-5)15-12-25)32(37)22-36(26-13-18-30(42-6)31(19-26)43-7)44(39,40)28-16-9-24(4)10-17-28/h9-19,23,29H,8,20-22H2,1-7H3,(H,34,38)/t29-/m1/s1. The molecule has 0 unspecified atom stereocenters. The number of aryl methyl sites for hydroxylation is 1. The molecule has 0 aliphatic rings. The number of nitrogens with one attached hydrogen (secondary N) is 1. The monoisotopic (exact) mass is 625 g/mol. The molecule has 1 atom stereocenters. The Bertz CT molecular complexity index is 1510. The summed E-state index contributed by atoms with van der Waals surface area (Å²) in [4.78, 5) is 29.1. The average Bonchev–Trinajstić information content (AvgIpc) is 3.02. The summed E-state index contributed by atoms with van der Waals surface area (Å²) < 4.78 is 45.4. The number of anilines is 1. The van der Waals surface area contributed by atoms with Crippen molar-refractivity contribution in [3.8, 4) is 17.2 Å². The summed E-state index contributed by atoms with van der Waals surface area (Å²) in [7, 11) is 0.265. The fraction of sp³-hybridized carbons (Fsp3) is 0.394. The number of methoxy groups -OCH3 is 3. The van der Waals surface area contributed by atoms with Crippen LogP contribution in [0.5, 0.6) is 17.2 Å². The lowest BCUT2D eigenvalue weighted by Crippen LogP contribution is -2.52. The normalized spacial score (nSPS) is 11.9. The molecule has 0 bridgehead atoms. The van der Waals surface area contributed by atoms with E-state index >= 15 is 0 Å². The molecule has 0 aromatic heterocycles. The summed E-state index contributed by atoms with van der Waals surface area (Å²) in [5.41, 5.74) is 1.85. The van der Waals surface area contributed by atoms with Gasteiger partial charge in [0.1, 0.15) is 18.3 Å². The lowest BCUT2D eigenvalue weighted by Gasteiger charge is -2.33. The maximum Gasteiger partial charge on any atom is 0.264 e. The van der Waals surface area contributed by atoms with E-state index in [-0.39, 0.29) is 29.0 Å². The van der Waals surface area contributed by atoms with E-state index in [0.29, 0.717) is 30.2 Å². The van der Waals surface area contributed by atoms with Gasteiger partial charge in [-0.2, -0.15) is 0 Å². The fourth-order valence-corrected chi connectivity index (χ4v) is 6.02. The topological polar surface area (TPSA) is 114 Å². The summed E-state index contributed by atoms with van der Waals surface area (Å²) in [6.07, 6.45) is 0.326. The maximum absolute atomic E-state index is 14.3. The maximum atomic E-state index is 14.3. The predicted octanol–water partition coefficient (Wildman–Crippen LogP) is 4.80. The quantitative estimate of drug-likeness (QED) is 0.258. The van der Waals surface area contributed by atoms with Crippen molar-refractivity contribution >= 4 is 27.5 Å². The van der Waals surface area contributed by atoms with Crippen LogP contribution in [0.2, 0.25) is 0 Å². The first-order valence-corrected chi connectivity index (χ1v) is 15.9. The summed E-state index contributed by atoms with van der Waals surface area (Å²) in [5.74, 6) is 0.722. The summed E-state index contributed by atoms with van der Waals surface area (Å²) >= 11 is 0. The van der Waals surface area contributed by atoms with Crippen LogP contribution in [-0.4, -0.2) is 65.6 Å². The number of carbonyl (C=O) groups excluding carboxylic acids is 2. The number of benzene rings is 3. The van der Waals surface area contributed by atoms with Gasteiger partial charge in [-0.3, -0.25) is 13.9 Å². The molecule has 0 aliphatic heterocycles. The van der Waals surface area contributed by atoms with Gasteiger partial charge in [-0.25, -0.2) is 8.42 Å². The number of hydrogen-bond donors (Lipinski definition) is 1. The Morgan fingerprint density at radius 2 is 1.50 bits per heavy atom. The molecule has 0 saturated heterocycles. The first kappa shape index (κ1) is 34.2. The number of rotatable bonds is 15. The molecule has 3 rings (SSSR count). The predicted molar refractivity (Wildman–Crippen MR) is 171 cm³/mol. The zero-order chi connectivity index (χ0) is 32.4. The van der Waals surface area contributed by atoms with Gasteiger partial charge >= 0.3 is 0 Å². The minimum Gasteiger partial charge on any atom is -0.497 e. The van der Waals surface area contributed by atoms with Crippen LogP contribution in [0.1, 0.15) is 38.3 Å². The summed E-state index contributed by atoms with van der Waals surface area (Å²) in [6.45, 7) is 7.62. The van der Waals surface area contributed by atoms with E-state index in [1.807, 2.05) is 39.8 Å². The Balaban J connectivity index is 2.10. The van der Waals surface area contributed by atoms with Crippen LogP contribution in [0.15, 0.2) is 71.6 Å². The largest absolute Gasteiger partial charge is 0.497 e. The number of sulfonamides is 1. The van der Waals surface area contributed by atoms with Crippen molar-refractivity contribution in [1.82, 2.24) is 10.2 Å². The Labute approximate surface area is 261 Å². The van der Waals surface area contributed by atoms with Crippen LogP contribution >= 0.6 is 0 Å². The molecule has 10 nitrogen and oxygen atoms in total. The second kappa shape index (κ2) is 15.5. The van der Waals surface area contributed by atoms with Gasteiger partial charge in [-0.05, 0) is 61.2 Å². The van der Waals surface area contributed by atoms with E-state index in [1.165, 1.54) is 37.3 Å². The van der Waals surface area contributed by atoms with Crippen molar-refractivity contribution in [3.63, 3.8) is 0 Å². The van der Waals surface area contributed by atoms with Gasteiger partial charge in [0.2, 0.25) is 11.8 Å². The molecule has 0 aliphatic carbocycles. The minimum absolute atomic E-state index is 0.0223. The molecular formula is C33H43N3O7S. The van der Waals surface area contributed by atoms with E-state index in [1.54, 1.807) is 43.5 Å². The SMILES string of the molecule is CC[C@H](C(=O)NCC(C)C)N(Cc1ccc(OC)cc1)C(=O)CN(c1ccc(OC)c(OC)c1)S(=O)(=O)c1ccc(C)cc1. The molecule has 0 fully saturated rings. The number of amides is 2. The minimum atomic E-state index is -4.23. The van der Waals surface area contributed by atoms with Crippen LogP contribution in [0.4, 0.5) is 5.69 Å². The zero-order valence-electron chi connectivity index (χ0n) is 26.5. The molecule has 3 aromatic rings. The Morgan fingerprint density at radius 3 is 2.05 bits per heavy atom. The van der Waals surface area contributed by atoms with Gasteiger partial charge in [0, 0.05) is 19.2 Å². The molecule has 0 spiro atoms. The molecule has 1 N–H and O–H groups in total. The van der Waals surface area contributed by atoms with E-state index in [9.17, 15) is 18.0 Å². The van der Waals surface area contributed by atoms with Crippen molar-refractivity contribution in [2.75, 3.05) is 38.7 Å². The first-order chi connectivity index (χ1) is 20.9. The van der Waals surface area contributed by atoms with E-state index in [2.05, 4.69) is 5.32 Å². The smallest absolute Gasteiger partial charge is 0.264 e. The van der Waals surface area contributed by atoms with Crippen LogP contribution in [0, 0.1) is 12.8 Å². The second-order valence-corrected chi connectivity index (χ2v) is 12.7. The first-order valence-electron chi connectivity index (χ1n) is 14.5. The molecular weight excluding hydrogens is 582 g/mol. The van der Waals surface area contributed by atoms with Crippen LogP contribution in [-0.2, 0) is 26.2 Å². The Morgan fingerprint density at radius 1 is 0.864 bits per heavy atom. The van der Waals surface area contributed by atoms with Crippen molar-refractivity contribution < 1.29 is 32.2 Å². The molecule has 238 valence electrons. The van der Waals surface area contributed by atoms with E-state index in [4.69, 9.17) is 14.2 Å². The van der Waals surface area contributed by atoms with E-state index < -0.39 is 28.5 Å². The molecule has 3 aromatic carbocycles. The van der Waals surface area contributed by atoms with Crippen molar-refractivity contribution in [3.05, 3.63) is 77.9 Å². The zero-order valence-corrected chi connectivity index (χ0v) is 27.3. The molecule has 0 saturated carbocycles. The second-order valence-electron chi connectivity index (χ2n) is 10.8. The molecule has 0 heterocycles. The average molecular weight is 626 g/mol. The van der Waals surface area contributed by atoms with Crippen molar-refractivity contribution in [2.45, 2.75) is 51.6 Å². The fourth-order valence-electron chi connectivity index (χ4n) is 4.62. The van der Waals surface area contributed by atoms with Gasteiger partial charge < -0.3 is 24.4 Å². The van der Waals surface area contributed by atoms with Gasteiger partial charge in [-0.15, -0.1) is 0 Å². The summed E-state index contributed by atoms with van der Waals surface area (Å²) in [6, 6.07) is 17.4. The highest BCUT2D eigenvalue weighted by Crippen LogP contribution is 2.34. The lowest BCUT2D eigenvalue weighted by molar-refractivity contribution is -0.140. The van der Waals surface area contributed by atoms with Gasteiger partial charge in [0.15, 0.2) is 11.5 Å². The Kier molecular flexibility index (Phi) is 12.0. The van der Waals surface area contributed by atoms with E-state index in [0.717, 1.165) is 15.4 Å². The summed E-state index contributed by atoms with van der Waals surface area (Å²) in [5, 5.41) is 2.93. The third-order valence-corrected chi connectivity index (χ3v) is 8.91. The lowest BCUT2D eigenvalue weighted by atomic mass is 10.1. The number of carbonyl (C=O) groups is 2. The van der Waals surface area contributed by atoms with Crippen molar-refractivity contribution in [1.29, 1.82) is 0 Å². The third kappa shape index (κ3) is 8.43. The number of nitrogens with zero attached hydrogens (tertiary/aromatic N) is 2. The highest BCUT2D eigenvalue weighted by molar-refractivity contribution is 7.92. The number of hydrogen-bond acceptors (Lipinski definition) is 7. The van der Waals surface area contributed by atoms with Gasteiger partial charge in [-0.1, -0.05) is 50.6 Å². The third-order valence-electron chi connectivity index (χ3n) is 7.13. The van der Waals surface area contributed by atoms with Gasteiger partial charge in [0.05, 0.1) is 31.9 Å². The van der Waals surface area contributed by atoms with Gasteiger partial charge in [0.25, 0.3) is 10.0 Å². The van der Waals surface area contributed by atoms with Crippen LogP contribution in [0.25, 0.3) is 0 Å². The molecule has 44 heavy (non-hydrogen) atoms.